The van der Waals surface area contributed by atoms with Gasteiger partial charge in [0.2, 0.25) is 0 Å². The molecule has 3 nitrogen and oxygen atoms in total. The zero-order chi connectivity index (χ0) is 18.5. The van der Waals surface area contributed by atoms with Gasteiger partial charge in [-0.05, 0) is 0 Å². The van der Waals surface area contributed by atoms with E-state index >= 15 is 0 Å². The van der Waals surface area contributed by atoms with E-state index in [-0.39, 0.29) is 23.0 Å². The van der Waals surface area contributed by atoms with E-state index in [1.54, 1.807) is 0 Å². The number of amides is 1. The van der Waals surface area contributed by atoms with Crippen LogP contribution in [0.4, 0.5) is 0 Å². The zero-order valence-corrected chi connectivity index (χ0v) is 19.0. The number of rotatable bonds is 10. The molecule has 0 aromatic heterocycles. The van der Waals surface area contributed by atoms with Crippen LogP contribution >= 0.6 is 0 Å². The van der Waals surface area contributed by atoms with Gasteiger partial charge in [0.25, 0.3) is 0 Å². The summed E-state index contributed by atoms with van der Waals surface area (Å²) in [5.74, 6) is 0.308. The number of nitrogens with zero attached hydrogens (tertiary/aromatic N) is 1. The van der Waals surface area contributed by atoms with Crippen molar-refractivity contribution < 1.29 is 9.22 Å². The Kier molecular flexibility index (Phi) is 7.99. The van der Waals surface area contributed by atoms with E-state index in [0.717, 1.165) is 24.7 Å². The van der Waals surface area contributed by atoms with Crippen LogP contribution in [0, 0.1) is 5.92 Å². The summed E-state index contributed by atoms with van der Waals surface area (Å²) in [5.41, 5.74) is 0. The maximum absolute atomic E-state index is 12.7. The van der Waals surface area contributed by atoms with Gasteiger partial charge in [-0.15, -0.1) is 0 Å². The van der Waals surface area contributed by atoms with Crippen molar-refractivity contribution in [2.24, 2.45) is 5.92 Å². The molecular weight excluding hydrogens is 381 g/mol. The van der Waals surface area contributed by atoms with Crippen molar-refractivity contribution in [3.63, 3.8) is 0 Å². The molecule has 1 amide bonds. The van der Waals surface area contributed by atoms with Crippen LogP contribution in [-0.2, 0) is 9.22 Å². The summed E-state index contributed by atoms with van der Waals surface area (Å²) in [7, 11) is -1.85. The van der Waals surface area contributed by atoms with Gasteiger partial charge in [0.1, 0.15) is 0 Å². The van der Waals surface area contributed by atoms with Crippen molar-refractivity contribution in [1.82, 2.24) is 4.90 Å². The van der Waals surface area contributed by atoms with Crippen LogP contribution in [0.3, 0.4) is 0 Å². The molecule has 1 saturated heterocycles. The molecule has 0 saturated carbocycles. The van der Waals surface area contributed by atoms with E-state index in [9.17, 15) is 4.79 Å². The van der Waals surface area contributed by atoms with Gasteiger partial charge in [0.05, 0.1) is 0 Å². The van der Waals surface area contributed by atoms with Gasteiger partial charge in [0, 0.05) is 0 Å². The van der Waals surface area contributed by atoms with Gasteiger partial charge < -0.3 is 0 Å². The molecule has 1 rings (SSSR count). The predicted octanol–water partition coefficient (Wildman–Crippen LogP) is 4.46. The first kappa shape index (κ1) is 21.7. The van der Waals surface area contributed by atoms with E-state index in [4.69, 9.17) is 4.43 Å². The summed E-state index contributed by atoms with van der Waals surface area (Å²) < 4.78 is 6.53. The van der Waals surface area contributed by atoms with Crippen LogP contribution in [0.15, 0.2) is 25.3 Å². The summed E-state index contributed by atoms with van der Waals surface area (Å²) in [4.78, 5) is 15.1. The SMILES string of the molecule is C=CCC[Se][C@@H]1[C@@H]([C@@H](C)O[Si](C)(C)C(C)(C)C)C(=O)N1CCC=C. The molecule has 0 aromatic carbocycles. The normalized spacial score (nSPS) is 22.9. The Balaban J connectivity index is 2.80. The molecule has 0 radical (unpaired) electrons. The summed E-state index contributed by atoms with van der Waals surface area (Å²) in [5, 5.41) is 1.31. The second-order valence-electron chi connectivity index (χ2n) is 8.06. The Morgan fingerprint density at radius 1 is 1.29 bits per heavy atom. The number of allylic oxidation sites excluding steroid dienone is 1. The van der Waals surface area contributed by atoms with Crippen LogP contribution in [0.5, 0.6) is 0 Å². The first-order valence-corrected chi connectivity index (χ1v) is 14.0. The van der Waals surface area contributed by atoms with Crippen LogP contribution in [0.1, 0.15) is 40.5 Å². The fourth-order valence-corrected chi connectivity index (χ4v) is 7.16. The standard InChI is InChI=1S/C19H35NO2SeSi/c1-9-11-13-20-17(21)16(18(20)23-14-12-10-2)15(3)22-24(7,8)19(4,5)6/h9-10,15-16,18H,1-2,11-14H2,3-8H3/t15-,16+,18-/m1/s1. The Hall–Kier alpha value is -0.354. The molecule has 1 heterocycles. The van der Waals surface area contributed by atoms with E-state index in [2.05, 4.69) is 58.8 Å². The Morgan fingerprint density at radius 2 is 1.88 bits per heavy atom. The number of carbonyl (C=O) groups excluding carboxylic acids is 1. The first-order chi connectivity index (χ1) is 11.1. The molecule has 0 bridgehead atoms. The van der Waals surface area contributed by atoms with E-state index in [0.29, 0.717) is 19.9 Å². The molecule has 0 aromatic rings. The van der Waals surface area contributed by atoms with Crippen molar-refractivity contribution >= 4 is 29.2 Å². The molecule has 0 spiro atoms. The Labute approximate surface area is 156 Å². The number of likely N-dealkylation sites (tertiary alicyclic amines) is 1. The molecule has 5 heteroatoms. The van der Waals surface area contributed by atoms with Gasteiger partial charge in [0.15, 0.2) is 0 Å². The number of carbonyl (C=O) groups is 1. The van der Waals surface area contributed by atoms with Crippen LogP contribution in [0.25, 0.3) is 0 Å². The fraction of sp³-hybridized carbons (Fsp3) is 0.737. The molecule has 0 unspecified atom stereocenters. The average molecular weight is 417 g/mol. The molecular formula is C19H35NO2SeSi. The van der Waals surface area contributed by atoms with Gasteiger partial charge in [-0.2, -0.15) is 0 Å². The zero-order valence-electron chi connectivity index (χ0n) is 16.3. The predicted molar refractivity (Wildman–Crippen MR) is 107 cm³/mol. The van der Waals surface area contributed by atoms with Crippen molar-refractivity contribution in [2.45, 2.75) is 75.0 Å². The number of hydrogen-bond acceptors (Lipinski definition) is 2. The second-order valence-corrected chi connectivity index (χ2v) is 15.4. The van der Waals surface area contributed by atoms with E-state index in [1.165, 1.54) is 0 Å². The maximum atomic E-state index is 12.7. The van der Waals surface area contributed by atoms with Gasteiger partial charge in [-0.1, -0.05) is 0 Å². The third kappa shape index (κ3) is 5.07. The molecule has 24 heavy (non-hydrogen) atoms. The van der Waals surface area contributed by atoms with Crippen molar-refractivity contribution in [2.75, 3.05) is 6.54 Å². The third-order valence-electron chi connectivity index (χ3n) is 5.16. The minimum absolute atomic E-state index is 0.00831. The van der Waals surface area contributed by atoms with Crippen LogP contribution in [0.2, 0.25) is 23.5 Å². The van der Waals surface area contributed by atoms with Crippen LogP contribution in [-0.4, -0.2) is 51.7 Å². The van der Waals surface area contributed by atoms with Gasteiger partial charge in [-0.3, -0.25) is 0 Å². The van der Waals surface area contributed by atoms with Crippen molar-refractivity contribution in [3.8, 4) is 0 Å². The van der Waals surface area contributed by atoms with Gasteiger partial charge >= 0.3 is 156 Å². The quantitative estimate of drug-likeness (QED) is 0.228. The molecule has 138 valence electrons. The molecule has 3 atom stereocenters. The summed E-state index contributed by atoms with van der Waals surface area (Å²) >= 11 is 0.416. The first-order valence-electron chi connectivity index (χ1n) is 8.88. The van der Waals surface area contributed by atoms with Gasteiger partial charge in [-0.25, -0.2) is 0 Å². The molecule has 1 aliphatic heterocycles. The topological polar surface area (TPSA) is 29.5 Å². The summed E-state index contributed by atoms with van der Waals surface area (Å²) in [6, 6.07) is 0. The minimum atomic E-state index is -1.85. The van der Waals surface area contributed by atoms with E-state index in [1.807, 2.05) is 12.2 Å². The molecule has 1 fully saturated rings. The second kappa shape index (κ2) is 8.84. The summed E-state index contributed by atoms with van der Waals surface area (Å²) in [6.07, 6.45) is 5.77. The average Bonchev–Trinajstić information content (AvgIpc) is 2.45. The Morgan fingerprint density at radius 3 is 2.38 bits per heavy atom. The monoisotopic (exact) mass is 417 g/mol. The molecule has 0 N–H and O–H groups in total. The molecule has 0 aliphatic carbocycles. The fourth-order valence-electron chi connectivity index (χ4n) is 2.63. The Bertz CT molecular complexity index is 459. The molecule has 1 aliphatic rings. The number of β-lactam (4-membered cyclic amide) rings is 1. The third-order valence-corrected chi connectivity index (χ3v) is 12.6. The van der Waals surface area contributed by atoms with Crippen molar-refractivity contribution in [1.29, 1.82) is 0 Å². The van der Waals surface area contributed by atoms with Crippen molar-refractivity contribution in [3.05, 3.63) is 25.3 Å². The van der Waals surface area contributed by atoms with Crippen LogP contribution < -0.4 is 0 Å². The van der Waals surface area contributed by atoms with E-state index < -0.39 is 8.32 Å². The number of hydrogen-bond donors (Lipinski definition) is 0. The summed E-state index contributed by atoms with van der Waals surface area (Å²) in [6.45, 7) is 21.8.